The first kappa shape index (κ1) is 18.2. The van der Waals surface area contributed by atoms with Crippen LogP contribution >= 0.6 is 0 Å². The summed E-state index contributed by atoms with van der Waals surface area (Å²) >= 11 is 0. The van der Waals surface area contributed by atoms with Crippen molar-refractivity contribution in [2.24, 2.45) is 0 Å². The lowest BCUT2D eigenvalue weighted by molar-refractivity contribution is 0.0705. The molecule has 138 valence electrons. The van der Waals surface area contributed by atoms with Crippen molar-refractivity contribution in [2.75, 3.05) is 25.5 Å². The topological polar surface area (TPSA) is 78.1 Å². The highest BCUT2D eigenvalue weighted by molar-refractivity contribution is 5.94. The zero-order chi connectivity index (χ0) is 18.7. The average Bonchev–Trinajstić information content (AvgIpc) is 2.67. The highest BCUT2D eigenvalue weighted by atomic mass is 16.2. The van der Waals surface area contributed by atoms with Crippen molar-refractivity contribution in [3.63, 3.8) is 0 Å². The lowest BCUT2D eigenvalue weighted by atomic mass is 9.91. The number of pyridine rings is 2. The van der Waals surface area contributed by atoms with Gasteiger partial charge in [0.1, 0.15) is 11.4 Å². The molecular weight excluding hydrogens is 328 g/mol. The molecule has 0 spiro atoms. The number of rotatable bonds is 4. The molecule has 0 aromatic carbocycles. The maximum atomic E-state index is 12.9. The van der Waals surface area contributed by atoms with E-state index in [0.717, 1.165) is 24.4 Å². The Kier molecular flexibility index (Phi) is 5.40. The van der Waals surface area contributed by atoms with E-state index in [1.807, 2.05) is 39.1 Å². The Balaban J connectivity index is 1.79. The molecule has 6 nitrogen and oxygen atoms in total. The van der Waals surface area contributed by atoms with Gasteiger partial charge >= 0.3 is 0 Å². The van der Waals surface area contributed by atoms with Crippen LogP contribution in [-0.2, 0) is 0 Å². The fourth-order valence-electron chi connectivity index (χ4n) is 3.44. The summed E-state index contributed by atoms with van der Waals surface area (Å²) in [6.07, 6.45) is 3.74. The minimum atomic E-state index is -0.301. The quantitative estimate of drug-likeness (QED) is 0.885. The summed E-state index contributed by atoms with van der Waals surface area (Å²) in [5.41, 5.74) is 1.94. The van der Waals surface area contributed by atoms with E-state index in [-0.39, 0.29) is 28.9 Å². The van der Waals surface area contributed by atoms with Gasteiger partial charge in [0.25, 0.3) is 11.5 Å². The van der Waals surface area contributed by atoms with Gasteiger partial charge in [-0.15, -0.1) is 0 Å². The largest absolute Gasteiger partial charge is 0.373 e. The molecule has 6 heteroatoms. The lowest BCUT2D eigenvalue weighted by Gasteiger charge is -2.33. The first-order chi connectivity index (χ1) is 12.5. The molecule has 3 rings (SSSR count). The SMILES string of the molecule is CNc1cc([C@@H]2CCCN(C(=O)c3ccc(C(C)C)[nH]c3=O)C2)ccn1. The van der Waals surface area contributed by atoms with E-state index in [1.165, 1.54) is 5.56 Å². The van der Waals surface area contributed by atoms with Gasteiger partial charge in [-0.2, -0.15) is 0 Å². The Morgan fingerprint density at radius 1 is 1.35 bits per heavy atom. The third kappa shape index (κ3) is 3.79. The number of nitrogens with zero attached hydrogens (tertiary/aromatic N) is 2. The van der Waals surface area contributed by atoms with E-state index >= 15 is 0 Å². The maximum Gasteiger partial charge on any atom is 0.261 e. The van der Waals surface area contributed by atoms with E-state index in [9.17, 15) is 9.59 Å². The zero-order valence-electron chi connectivity index (χ0n) is 15.6. The summed E-state index contributed by atoms with van der Waals surface area (Å²) < 4.78 is 0. The van der Waals surface area contributed by atoms with Crippen molar-refractivity contribution in [3.05, 3.63) is 57.6 Å². The van der Waals surface area contributed by atoms with E-state index in [1.54, 1.807) is 17.2 Å². The van der Waals surface area contributed by atoms with Crippen molar-refractivity contribution < 1.29 is 4.79 Å². The van der Waals surface area contributed by atoms with Gasteiger partial charge in [-0.05, 0) is 48.6 Å². The Hall–Kier alpha value is -2.63. The van der Waals surface area contributed by atoms with Gasteiger partial charge in [0.15, 0.2) is 0 Å². The Labute approximate surface area is 153 Å². The van der Waals surface area contributed by atoms with Crippen LogP contribution in [0.15, 0.2) is 35.3 Å². The Morgan fingerprint density at radius 3 is 2.85 bits per heavy atom. The van der Waals surface area contributed by atoms with Crippen LogP contribution in [0.2, 0.25) is 0 Å². The molecule has 0 radical (unpaired) electrons. The molecule has 1 atom stereocenters. The first-order valence-electron chi connectivity index (χ1n) is 9.15. The summed E-state index contributed by atoms with van der Waals surface area (Å²) in [4.78, 5) is 34.1. The van der Waals surface area contributed by atoms with Crippen LogP contribution in [0.3, 0.4) is 0 Å². The molecule has 3 heterocycles. The van der Waals surface area contributed by atoms with Crippen molar-refractivity contribution in [1.29, 1.82) is 0 Å². The number of H-pyrrole nitrogens is 1. The zero-order valence-corrected chi connectivity index (χ0v) is 15.6. The summed E-state index contributed by atoms with van der Waals surface area (Å²) in [7, 11) is 1.84. The second kappa shape index (κ2) is 7.72. The number of carbonyl (C=O) groups excluding carboxylic acids is 1. The molecule has 2 aromatic rings. The average molecular weight is 354 g/mol. The molecule has 1 amide bonds. The van der Waals surface area contributed by atoms with Gasteiger partial charge in [0.2, 0.25) is 0 Å². The maximum absolute atomic E-state index is 12.9. The molecule has 1 aliphatic rings. The summed E-state index contributed by atoms with van der Waals surface area (Å²) in [6.45, 7) is 5.33. The fourth-order valence-corrected chi connectivity index (χ4v) is 3.44. The fraction of sp³-hybridized carbons (Fsp3) is 0.450. The number of anilines is 1. The first-order valence-corrected chi connectivity index (χ1v) is 9.15. The molecule has 0 unspecified atom stereocenters. The van der Waals surface area contributed by atoms with E-state index in [0.29, 0.717) is 13.1 Å². The normalized spacial score (nSPS) is 17.4. The van der Waals surface area contributed by atoms with Crippen LogP contribution in [-0.4, -0.2) is 40.9 Å². The molecule has 2 aromatic heterocycles. The van der Waals surface area contributed by atoms with Gasteiger partial charge < -0.3 is 15.2 Å². The molecule has 26 heavy (non-hydrogen) atoms. The molecule has 0 bridgehead atoms. The minimum Gasteiger partial charge on any atom is -0.373 e. The predicted octanol–water partition coefficient (Wildman–Crippen LogP) is 2.95. The van der Waals surface area contributed by atoms with Gasteiger partial charge in [-0.25, -0.2) is 4.98 Å². The molecule has 1 saturated heterocycles. The lowest BCUT2D eigenvalue weighted by Crippen LogP contribution is -2.41. The second-order valence-electron chi connectivity index (χ2n) is 7.13. The van der Waals surface area contributed by atoms with E-state index < -0.39 is 0 Å². The number of likely N-dealkylation sites (tertiary alicyclic amines) is 1. The van der Waals surface area contributed by atoms with Crippen LogP contribution in [0, 0.1) is 0 Å². The van der Waals surface area contributed by atoms with Crippen molar-refractivity contribution in [1.82, 2.24) is 14.9 Å². The number of amides is 1. The third-order valence-corrected chi connectivity index (χ3v) is 5.00. The third-order valence-electron chi connectivity index (χ3n) is 5.00. The summed E-state index contributed by atoms with van der Waals surface area (Å²) in [5, 5.41) is 3.05. The minimum absolute atomic E-state index is 0.186. The highest BCUT2D eigenvalue weighted by Crippen LogP contribution is 2.28. The van der Waals surface area contributed by atoms with Crippen LogP contribution in [0.1, 0.15) is 60.1 Å². The number of piperidine rings is 1. The highest BCUT2D eigenvalue weighted by Gasteiger charge is 2.27. The van der Waals surface area contributed by atoms with E-state index in [4.69, 9.17) is 0 Å². The van der Waals surface area contributed by atoms with Gasteiger partial charge in [0, 0.05) is 37.9 Å². The van der Waals surface area contributed by atoms with Gasteiger partial charge in [-0.3, -0.25) is 9.59 Å². The van der Waals surface area contributed by atoms with Crippen molar-refractivity contribution >= 4 is 11.7 Å². The number of hydrogen-bond donors (Lipinski definition) is 2. The van der Waals surface area contributed by atoms with Crippen LogP contribution < -0.4 is 10.9 Å². The Morgan fingerprint density at radius 2 is 2.15 bits per heavy atom. The van der Waals surface area contributed by atoms with Crippen molar-refractivity contribution in [2.45, 2.75) is 38.5 Å². The molecule has 0 saturated carbocycles. The van der Waals surface area contributed by atoms with Crippen LogP contribution in [0.5, 0.6) is 0 Å². The standard InChI is InChI=1S/C20H26N4O2/c1-13(2)17-7-6-16(19(25)23-17)20(26)24-10-4-5-15(12-24)14-8-9-22-18(11-14)21-3/h6-9,11,13,15H,4-5,10,12H2,1-3H3,(H,21,22)(H,23,25)/t15-/m1/s1. The molecular formula is C20H26N4O2. The molecule has 2 N–H and O–H groups in total. The second-order valence-corrected chi connectivity index (χ2v) is 7.13. The van der Waals surface area contributed by atoms with Crippen LogP contribution in [0.4, 0.5) is 5.82 Å². The monoisotopic (exact) mass is 354 g/mol. The molecule has 1 fully saturated rings. The molecule has 1 aliphatic heterocycles. The summed E-state index contributed by atoms with van der Waals surface area (Å²) in [6, 6.07) is 7.53. The van der Waals surface area contributed by atoms with Gasteiger partial charge in [-0.1, -0.05) is 13.8 Å². The predicted molar refractivity (Wildman–Crippen MR) is 103 cm³/mol. The smallest absolute Gasteiger partial charge is 0.261 e. The number of nitrogens with one attached hydrogen (secondary N) is 2. The van der Waals surface area contributed by atoms with Crippen LogP contribution in [0.25, 0.3) is 0 Å². The number of carbonyl (C=O) groups is 1. The van der Waals surface area contributed by atoms with E-state index in [2.05, 4.69) is 15.3 Å². The van der Waals surface area contributed by atoms with Gasteiger partial charge in [0.05, 0.1) is 0 Å². The number of aromatic nitrogens is 2. The molecule has 0 aliphatic carbocycles. The number of aromatic amines is 1. The summed E-state index contributed by atoms with van der Waals surface area (Å²) in [5.74, 6) is 1.12. The van der Waals surface area contributed by atoms with Crippen molar-refractivity contribution in [3.8, 4) is 0 Å². The Bertz CT molecular complexity index is 844. The number of hydrogen-bond acceptors (Lipinski definition) is 4.